The van der Waals surface area contributed by atoms with Crippen molar-refractivity contribution in [2.45, 2.75) is 120 Å². The lowest BCUT2D eigenvalue weighted by atomic mass is 9.40. The number of rotatable bonds is 10. The van der Waals surface area contributed by atoms with Gasteiger partial charge in [-0.2, -0.15) is 0 Å². The number of hydrogen-bond donors (Lipinski definition) is 8. The number of aliphatic hydroxyl groups excluding tert-OH is 7. The van der Waals surface area contributed by atoms with E-state index in [1.54, 1.807) is 0 Å². The van der Waals surface area contributed by atoms with Gasteiger partial charge in [-0.1, -0.05) is 13.8 Å². The Balaban J connectivity index is 1.10. The third-order valence-corrected chi connectivity index (χ3v) is 9.94. The lowest BCUT2D eigenvalue weighted by Gasteiger charge is -2.65. The van der Waals surface area contributed by atoms with Crippen LogP contribution in [-0.4, -0.2) is 129 Å². The molecule has 0 radical (unpaired) electrons. The van der Waals surface area contributed by atoms with E-state index in [1.807, 2.05) is 0 Å². The molecule has 1 amide bonds. The maximum atomic E-state index is 12.9. The van der Waals surface area contributed by atoms with E-state index in [2.05, 4.69) is 19.2 Å². The molecular weight excluding hydrogens is 542 g/mol. The fourth-order valence-corrected chi connectivity index (χ4v) is 9.34. The van der Waals surface area contributed by atoms with Gasteiger partial charge in [-0.15, -0.1) is 0 Å². The smallest absolute Gasteiger partial charge is 0.220 e. The van der Waals surface area contributed by atoms with Gasteiger partial charge in [0.2, 0.25) is 5.91 Å². The van der Waals surface area contributed by atoms with Crippen LogP contribution >= 0.6 is 0 Å². The molecule has 6 fully saturated rings. The van der Waals surface area contributed by atoms with Crippen LogP contribution in [0.3, 0.4) is 0 Å². The number of hydrogen-bond acceptors (Lipinski definition) is 12. The van der Waals surface area contributed by atoms with Crippen LogP contribution in [0.4, 0.5) is 0 Å². The van der Waals surface area contributed by atoms with Crippen LogP contribution in [0.15, 0.2) is 0 Å². The lowest BCUT2D eigenvalue weighted by molar-refractivity contribution is -0.359. The molecule has 13 heteroatoms. The number of ether oxygens (including phenoxy) is 4. The third-order valence-electron chi connectivity index (χ3n) is 9.94. The molecule has 6 rings (SSSR count). The normalized spacial score (nSPS) is 51.1. The highest BCUT2D eigenvalue weighted by atomic mass is 16.7. The van der Waals surface area contributed by atoms with E-state index in [-0.39, 0.29) is 24.5 Å². The summed E-state index contributed by atoms with van der Waals surface area (Å²) in [5.41, 5.74) is 0.686. The minimum Gasteiger partial charge on any atom is -0.394 e. The first-order chi connectivity index (χ1) is 19.3. The second-order valence-electron chi connectivity index (χ2n) is 14.0. The summed E-state index contributed by atoms with van der Waals surface area (Å²) < 4.78 is 22.1. The molecule has 6 aliphatic rings. The fourth-order valence-electron chi connectivity index (χ4n) is 9.34. The van der Waals surface area contributed by atoms with E-state index in [4.69, 9.17) is 18.9 Å². The molecule has 6 unspecified atom stereocenters. The van der Waals surface area contributed by atoms with Crippen molar-refractivity contribution in [3.8, 4) is 0 Å². The molecule has 4 aliphatic carbocycles. The summed E-state index contributed by atoms with van der Waals surface area (Å²) in [6.07, 6.45) is -7.54. The molecule has 0 spiro atoms. The van der Waals surface area contributed by atoms with Crippen molar-refractivity contribution in [3.63, 3.8) is 0 Å². The minimum absolute atomic E-state index is 0.0123. The van der Waals surface area contributed by atoms with E-state index in [9.17, 15) is 40.5 Å². The molecule has 236 valence electrons. The van der Waals surface area contributed by atoms with Crippen molar-refractivity contribution in [2.24, 2.45) is 22.2 Å². The molecule has 12 atom stereocenters. The second-order valence-corrected chi connectivity index (χ2v) is 14.0. The number of amides is 1. The molecule has 2 aliphatic heterocycles. The first-order valence-electron chi connectivity index (χ1n) is 14.8. The molecular formula is C28H47NO12. The van der Waals surface area contributed by atoms with Crippen molar-refractivity contribution in [3.05, 3.63) is 0 Å². The van der Waals surface area contributed by atoms with Gasteiger partial charge in [0.25, 0.3) is 0 Å². The topological polar surface area (TPSA) is 208 Å². The van der Waals surface area contributed by atoms with Crippen LogP contribution < -0.4 is 5.32 Å². The highest BCUT2D eigenvalue weighted by Gasteiger charge is 2.60. The van der Waals surface area contributed by atoms with Gasteiger partial charge in [0, 0.05) is 13.0 Å². The van der Waals surface area contributed by atoms with Gasteiger partial charge >= 0.3 is 0 Å². The Kier molecular flexibility index (Phi) is 9.09. The number of carbonyl (C=O) groups excluding carboxylic acids is 1. The molecule has 41 heavy (non-hydrogen) atoms. The Labute approximate surface area is 239 Å². The van der Waals surface area contributed by atoms with Gasteiger partial charge in [0.1, 0.15) is 48.8 Å². The molecule has 0 aromatic heterocycles. The number of carbonyl (C=O) groups is 1. The fraction of sp³-hybridized carbons (Fsp3) is 0.964. The van der Waals surface area contributed by atoms with Crippen LogP contribution in [0.25, 0.3) is 0 Å². The Morgan fingerprint density at radius 2 is 1.41 bits per heavy atom. The summed E-state index contributed by atoms with van der Waals surface area (Å²) in [7, 11) is 0. The standard InChI is InChI=1S/C28H47NO12/c1-26-5-14-6-27(2,11-26)13-28(7-14,12-26)8-17(32)29-3-4-38-24-22(37)20(35)23(16(10-31)40-24)41-25-21(36)19(34)18(33)15(9-30)39-25/h14-16,18-25,30-31,33-37H,3-13H2,1-2H3,(H,29,32)/t14?,15?,16?,18-,19+,20-,21?,22?,23-,24-,25-,26?,27?,28?/m0/s1. The largest absolute Gasteiger partial charge is 0.394 e. The average molecular weight is 590 g/mol. The van der Waals surface area contributed by atoms with E-state index in [0.29, 0.717) is 23.2 Å². The van der Waals surface area contributed by atoms with Gasteiger partial charge in [-0.25, -0.2) is 0 Å². The van der Waals surface area contributed by atoms with Crippen LogP contribution in [-0.2, 0) is 23.7 Å². The van der Waals surface area contributed by atoms with Crippen molar-refractivity contribution >= 4 is 5.91 Å². The minimum atomic E-state index is -1.74. The maximum Gasteiger partial charge on any atom is 0.220 e. The zero-order chi connectivity index (χ0) is 29.7. The third kappa shape index (κ3) is 6.32. The van der Waals surface area contributed by atoms with Crippen molar-refractivity contribution in [1.29, 1.82) is 0 Å². The monoisotopic (exact) mass is 589 g/mol. The van der Waals surface area contributed by atoms with Gasteiger partial charge in [0.15, 0.2) is 12.6 Å². The van der Waals surface area contributed by atoms with Crippen LogP contribution in [0.2, 0.25) is 0 Å². The predicted molar refractivity (Wildman–Crippen MR) is 140 cm³/mol. The summed E-state index contributed by atoms with van der Waals surface area (Å²) >= 11 is 0. The molecule has 0 aromatic carbocycles. The van der Waals surface area contributed by atoms with E-state index < -0.39 is 74.6 Å². The number of aliphatic hydroxyl groups is 7. The summed E-state index contributed by atoms with van der Waals surface area (Å²) in [5.74, 6) is 0.663. The molecule has 8 N–H and O–H groups in total. The Hall–Kier alpha value is -0.970. The van der Waals surface area contributed by atoms with Gasteiger partial charge in [-0.3, -0.25) is 4.79 Å². The Bertz CT molecular complexity index is 916. The molecule has 2 saturated heterocycles. The molecule has 2 heterocycles. The average Bonchev–Trinajstić information content (AvgIpc) is 2.87. The van der Waals surface area contributed by atoms with Gasteiger partial charge in [0.05, 0.1) is 19.8 Å². The van der Waals surface area contributed by atoms with E-state index in [1.165, 1.54) is 19.3 Å². The zero-order valence-corrected chi connectivity index (χ0v) is 23.8. The molecule has 13 nitrogen and oxygen atoms in total. The Morgan fingerprint density at radius 3 is 2.02 bits per heavy atom. The molecule has 4 bridgehead atoms. The highest BCUT2D eigenvalue weighted by molar-refractivity contribution is 5.76. The van der Waals surface area contributed by atoms with Gasteiger partial charge in [-0.05, 0) is 60.7 Å². The number of nitrogens with one attached hydrogen (secondary N) is 1. The summed E-state index contributed by atoms with van der Waals surface area (Å²) in [5, 5.41) is 73.7. The van der Waals surface area contributed by atoms with Crippen LogP contribution in [0.1, 0.15) is 58.8 Å². The maximum absolute atomic E-state index is 12.9. The zero-order valence-electron chi connectivity index (χ0n) is 23.8. The van der Waals surface area contributed by atoms with E-state index >= 15 is 0 Å². The van der Waals surface area contributed by atoms with E-state index in [0.717, 1.165) is 19.3 Å². The summed E-state index contributed by atoms with van der Waals surface area (Å²) in [4.78, 5) is 12.9. The summed E-state index contributed by atoms with van der Waals surface area (Å²) in [6.45, 7) is 3.58. The van der Waals surface area contributed by atoms with Crippen molar-refractivity contribution in [1.82, 2.24) is 5.32 Å². The SMILES string of the molecule is CC12CC3CC(C)(C1)CC(CC(=O)NCCO[C@H]1OC(CO)[C@H](O[C@@H]4OC(CO)[C@H](O)[C@@H](O)C4O)[C@@H](O)C1O)(C3)C2. The first kappa shape index (κ1) is 31.5. The summed E-state index contributed by atoms with van der Waals surface area (Å²) in [6, 6.07) is 0. The van der Waals surface area contributed by atoms with Gasteiger partial charge < -0.3 is 60.0 Å². The van der Waals surface area contributed by atoms with Crippen LogP contribution in [0.5, 0.6) is 0 Å². The lowest BCUT2D eigenvalue weighted by Crippen LogP contribution is -2.64. The molecule has 0 aromatic rings. The van der Waals surface area contributed by atoms with Crippen LogP contribution in [0, 0.1) is 22.2 Å². The second kappa shape index (κ2) is 11.8. The predicted octanol–water partition coefficient (Wildman–Crippen LogP) is -1.87. The highest BCUT2D eigenvalue weighted by Crippen LogP contribution is 2.70. The Morgan fingerprint density at radius 1 is 0.805 bits per heavy atom. The van der Waals surface area contributed by atoms with Crippen molar-refractivity contribution < 1.29 is 59.5 Å². The quantitative estimate of drug-likeness (QED) is 0.132. The van der Waals surface area contributed by atoms with Crippen molar-refractivity contribution in [2.75, 3.05) is 26.4 Å². The first-order valence-corrected chi connectivity index (χ1v) is 14.8. The molecule has 4 saturated carbocycles.